The molecule has 0 saturated carbocycles. The molecule has 0 aliphatic carbocycles. The van der Waals surface area contributed by atoms with Crippen LogP contribution in [0.15, 0.2) is 106 Å². The summed E-state index contributed by atoms with van der Waals surface area (Å²) in [6, 6.07) is 32.0. The molecule has 0 spiro atoms. The van der Waals surface area contributed by atoms with Crippen LogP contribution in [-0.4, -0.2) is 81.4 Å². The van der Waals surface area contributed by atoms with Gasteiger partial charge in [-0.05, 0) is 129 Å². The lowest BCUT2D eigenvalue weighted by Crippen LogP contribution is -2.44. The number of rotatable bonds is 19. The molecule has 0 aromatic heterocycles. The first-order valence-electron chi connectivity index (χ1n) is 19.6. The topological polar surface area (TPSA) is 99.5 Å². The van der Waals surface area contributed by atoms with Crippen molar-refractivity contribution in [3.63, 3.8) is 0 Å². The Morgan fingerprint density at radius 1 is 0.536 bits per heavy atom. The zero-order valence-corrected chi connectivity index (χ0v) is 37.0. The summed E-state index contributed by atoms with van der Waals surface area (Å²) >= 11 is 7.18. The van der Waals surface area contributed by atoms with Gasteiger partial charge in [0, 0.05) is 56.1 Å². The molecule has 0 radical (unpaired) electrons. The number of aliphatic hydroxyl groups excluding tert-OH is 2. The van der Waals surface area contributed by atoms with Crippen molar-refractivity contribution in [3.05, 3.63) is 128 Å². The molecule has 302 valence electrons. The second-order valence-electron chi connectivity index (χ2n) is 15.5. The zero-order valence-electron chi connectivity index (χ0n) is 33.9. The third kappa shape index (κ3) is 12.3. The van der Waals surface area contributed by atoms with Crippen molar-refractivity contribution in [2.24, 2.45) is 0 Å². The predicted octanol–water partition coefficient (Wildman–Crippen LogP) is 9.73. The van der Waals surface area contributed by atoms with Crippen LogP contribution in [0.4, 0.5) is 0 Å². The normalized spacial score (nSPS) is 14.1. The van der Waals surface area contributed by atoms with E-state index in [1.165, 1.54) is 0 Å². The highest BCUT2D eigenvalue weighted by molar-refractivity contribution is 9.10. The Kier molecular flexibility index (Phi) is 17.3. The molecule has 4 rings (SSSR count). The van der Waals surface area contributed by atoms with Crippen LogP contribution in [-0.2, 0) is 9.59 Å². The van der Waals surface area contributed by atoms with E-state index in [2.05, 4.69) is 97.0 Å². The highest BCUT2D eigenvalue weighted by Gasteiger charge is 2.35. The highest BCUT2D eigenvalue weighted by atomic mass is 79.9. The van der Waals surface area contributed by atoms with Gasteiger partial charge in [-0.15, -0.1) is 0 Å². The minimum Gasteiger partial charge on any atom is -0.424 e. The van der Waals surface area contributed by atoms with E-state index in [1.807, 2.05) is 72.8 Å². The number of ether oxygens (including phenoxy) is 2. The monoisotopic (exact) mass is 892 g/mol. The standard InChI is InChI=1S/C46H58Br2N2O6/c1-29(2)49(30(3)4)25-23-37(33-15-11-9-12-16-33)39-27-35(47)19-21-41(39)55-45(53)43(51)44(52)46(54)56-42-22-20-36(48)28-40(42)38(34-17-13-10-14-18-34)24-26-50(31(5)6)32(7)8/h9-22,27-32,37-38,43-44,51-52H,23-26H2,1-8H3/t37-,38-,43?,44?/m1/s1. The fourth-order valence-electron chi connectivity index (χ4n) is 7.52. The highest BCUT2D eigenvalue weighted by Crippen LogP contribution is 2.39. The van der Waals surface area contributed by atoms with Gasteiger partial charge in [0.05, 0.1) is 0 Å². The summed E-state index contributed by atoms with van der Waals surface area (Å²) in [4.78, 5) is 31.9. The molecule has 4 aromatic carbocycles. The Balaban J connectivity index is 1.58. The number of nitrogens with zero attached hydrogens (tertiary/aromatic N) is 2. The molecule has 4 atom stereocenters. The fourth-order valence-corrected chi connectivity index (χ4v) is 8.28. The SMILES string of the molecule is CC(C)N(CC[C@H](c1ccccc1)c1cc(Br)ccc1OC(=O)C(O)C(O)C(=O)Oc1ccc(Br)cc1[C@H](CCN(C(C)C)C(C)C)c1ccccc1)C(C)C. The molecule has 0 saturated heterocycles. The minimum absolute atomic E-state index is 0.162. The van der Waals surface area contributed by atoms with Crippen LogP contribution < -0.4 is 9.47 Å². The maximum Gasteiger partial charge on any atom is 0.343 e. The molecule has 0 aliphatic rings. The van der Waals surface area contributed by atoms with Crippen molar-refractivity contribution in [1.82, 2.24) is 9.80 Å². The quantitative estimate of drug-likeness (QED) is 0.0710. The van der Waals surface area contributed by atoms with Crippen LogP contribution in [0.5, 0.6) is 11.5 Å². The molecule has 8 nitrogen and oxygen atoms in total. The summed E-state index contributed by atoms with van der Waals surface area (Å²) in [6.07, 6.45) is -2.96. The van der Waals surface area contributed by atoms with Crippen LogP contribution in [0.25, 0.3) is 0 Å². The number of aliphatic hydroxyl groups is 2. The summed E-state index contributed by atoms with van der Waals surface area (Å²) in [6.45, 7) is 19.0. The Morgan fingerprint density at radius 2 is 0.857 bits per heavy atom. The van der Waals surface area contributed by atoms with Crippen molar-refractivity contribution >= 4 is 43.8 Å². The van der Waals surface area contributed by atoms with Crippen molar-refractivity contribution in [3.8, 4) is 11.5 Å². The molecule has 56 heavy (non-hydrogen) atoms. The van der Waals surface area contributed by atoms with Gasteiger partial charge in [-0.2, -0.15) is 0 Å². The predicted molar refractivity (Wildman–Crippen MR) is 231 cm³/mol. The Hall–Kier alpha value is -3.38. The third-order valence-electron chi connectivity index (χ3n) is 10.3. The van der Waals surface area contributed by atoms with E-state index in [0.29, 0.717) is 24.2 Å². The van der Waals surface area contributed by atoms with Crippen molar-refractivity contribution in [2.45, 2.75) is 116 Å². The second kappa shape index (κ2) is 21.4. The van der Waals surface area contributed by atoms with Gasteiger partial charge in [-0.1, -0.05) is 92.5 Å². The number of halogens is 2. The summed E-state index contributed by atoms with van der Waals surface area (Å²) in [5, 5.41) is 22.2. The number of esters is 2. The van der Waals surface area contributed by atoms with Gasteiger partial charge in [-0.25, -0.2) is 9.59 Å². The first-order valence-corrected chi connectivity index (χ1v) is 21.2. The Morgan fingerprint density at radius 3 is 1.16 bits per heavy atom. The number of carbonyl (C=O) groups excluding carboxylic acids is 2. The molecule has 0 heterocycles. The van der Waals surface area contributed by atoms with Crippen LogP contribution in [0.2, 0.25) is 0 Å². The molecule has 0 amide bonds. The van der Waals surface area contributed by atoms with Crippen LogP contribution in [0.3, 0.4) is 0 Å². The average molecular weight is 895 g/mol. The van der Waals surface area contributed by atoms with Crippen LogP contribution in [0, 0.1) is 0 Å². The Labute approximate surface area is 350 Å². The van der Waals surface area contributed by atoms with Gasteiger partial charge in [0.25, 0.3) is 0 Å². The molecule has 10 heteroatoms. The summed E-state index contributed by atoms with van der Waals surface area (Å²) in [5.74, 6) is -2.21. The van der Waals surface area contributed by atoms with Crippen LogP contribution in [0.1, 0.15) is 102 Å². The van der Waals surface area contributed by atoms with Crippen molar-refractivity contribution in [1.29, 1.82) is 0 Å². The first kappa shape index (κ1) is 45.3. The maximum absolute atomic E-state index is 13.5. The first-order chi connectivity index (χ1) is 26.6. The number of hydrogen-bond acceptors (Lipinski definition) is 8. The van der Waals surface area contributed by atoms with E-state index in [0.717, 1.165) is 57.1 Å². The lowest BCUT2D eigenvalue weighted by atomic mass is 9.87. The van der Waals surface area contributed by atoms with E-state index in [1.54, 1.807) is 24.3 Å². The minimum atomic E-state index is -2.21. The second-order valence-corrected chi connectivity index (χ2v) is 17.3. The van der Waals surface area contributed by atoms with Crippen molar-refractivity contribution in [2.75, 3.05) is 13.1 Å². The summed E-state index contributed by atoms with van der Waals surface area (Å²) in [7, 11) is 0. The number of hydrogen-bond donors (Lipinski definition) is 2. The van der Waals surface area contributed by atoms with Gasteiger partial charge in [0.15, 0.2) is 12.2 Å². The summed E-state index contributed by atoms with van der Waals surface area (Å²) in [5.41, 5.74) is 3.55. The van der Waals surface area contributed by atoms with Crippen LogP contribution >= 0.6 is 31.9 Å². The van der Waals surface area contributed by atoms with Gasteiger partial charge in [0.2, 0.25) is 0 Å². The third-order valence-corrected chi connectivity index (χ3v) is 11.3. The maximum atomic E-state index is 13.5. The van der Waals surface area contributed by atoms with E-state index in [9.17, 15) is 19.8 Å². The molecule has 2 N–H and O–H groups in total. The smallest absolute Gasteiger partial charge is 0.343 e. The van der Waals surface area contributed by atoms with E-state index >= 15 is 0 Å². The molecular formula is C46H58Br2N2O6. The molecule has 0 bridgehead atoms. The van der Waals surface area contributed by atoms with E-state index in [4.69, 9.17) is 9.47 Å². The van der Waals surface area contributed by atoms with E-state index in [-0.39, 0.29) is 23.3 Å². The largest absolute Gasteiger partial charge is 0.424 e. The van der Waals surface area contributed by atoms with Gasteiger partial charge >= 0.3 is 11.9 Å². The molecule has 4 aromatic rings. The lowest BCUT2D eigenvalue weighted by Gasteiger charge is -2.32. The number of carbonyl (C=O) groups is 2. The van der Waals surface area contributed by atoms with Crippen molar-refractivity contribution < 1.29 is 29.3 Å². The molecule has 0 fully saturated rings. The van der Waals surface area contributed by atoms with Gasteiger partial charge in [0.1, 0.15) is 11.5 Å². The number of benzene rings is 4. The molecular weight excluding hydrogens is 836 g/mol. The summed E-state index contributed by atoms with van der Waals surface area (Å²) < 4.78 is 13.2. The van der Waals surface area contributed by atoms with Gasteiger partial charge in [-0.3, -0.25) is 9.80 Å². The van der Waals surface area contributed by atoms with Gasteiger partial charge < -0.3 is 19.7 Å². The fraction of sp³-hybridized carbons (Fsp3) is 0.435. The van der Waals surface area contributed by atoms with E-state index < -0.39 is 24.1 Å². The molecule has 2 unspecified atom stereocenters. The Bertz CT molecular complexity index is 1700. The average Bonchev–Trinajstić information content (AvgIpc) is 3.16. The lowest BCUT2D eigenvalue weighted by molar-refractivity contribution is -0.162. The molecule has 0 aliphatic heterocycles. The zero-order chi connectivity index (χ0) is 41.1.